The maximum absolute atomic E-state index is 4.97. The predicted molar refractivity (Wildman–Crippen MR) is 70.5 cm³/mol. The van der Waals surface area contributed by atoms with Crippen molar-refractivity contribution < 1.29 is 4.74 Å². The van der Waals surface area contributed by atoms with Crippen LogP contribution in [-0.2, 0) is 4.74 Å². The largest absolute Gasteiger partial charge is 0.383 e. The highest BCUT2D eigenvalue weighted by molar-refractivity contribution is 5.42. The second kappa shape index (κ2) is 7.84. The molecule has 2 N–H and O–H groups in total. The lowest BCUT2D eigenvalue weighted by atomic mass is 10.3. The summed E-state index contributed by atoms with van der Waals surface area (Å²) in [6.07, 6.45) is 2.32. The van der Waals surface area contributed by atoms with Crippen LogP contribution in [0.1, 0.15) is 25.5 Å². The van der Waals surface area contributed by atoms with Gasteiger partial charge in [0, 0.05) is 32.0 Å². The lowest BCUT2D eigenvalue weighted by Gasteiger charge is -2.09. The number of ether oxygens (including phenoxy) is 1. The van der Waals surface area contributed by atoms with Crippen molar-refractivity contribution in [3.63, 3.8) is 0 Å². The van der Waals surface area contributed by atoms with Gasteiger partial charge in [0.15, 0.2) is 0 Å². The number of hydrogen-bond donors (Lipinski definition) is 2. The number of unbranched alkanes of at least 4 members (excludes halogenated alkanes) is 1. The summed E-state index contributed by atoms with van der Waals surface area (Å²) >= 11 is 0. The van der Waals surface area contributed by atoms with E-state index in [1.54, 1.807) is 7.11 Å². The van der Waals surface area contributed by atoms with Crippen LogP contribution < -0.4 is 10.6 Å². The maximum Gasteiger partial charge on any atom is 0.224 e. The van der Waals surface area contributed by atoms with Gasteiger partial charge < -0.3 is 15.4 Å². The zero-order valence-electron chi connectivity index (χ0n) is 10.9. The fraction of sp³-hybridized carbons (Fsp3) is 0.667. The van der Waals surface area contributed by atoms with Gasteiger partial charge in [0.25, 0.3) is 0 Å². The van der Waals surface area contributed by atoms with E-state index in [2.05, 4.69) is 27.5 Å². The summed E-state index contributed by atoms with van der Waals surface area (Å²) in [5, 5.41) is 6.42. The van der Waals surface area contributed by atoms with Crippen LogP contribution in [0.25, 0.3) is 0 Å². The highest BCUT2D eigenvalue weighted by atomic mass is 16.5. The average Bonchev–Trinajstić information content (AvgIpc) is 2.29. The van der Waals surface area contributed by atoms with Gasteiger partial charge >= 0.3 is 0 Å². The van der Waals surface area contributed by atoms with Crippen molar-refractivity contribution in [1.82, 2.24) is 9.97 Å². The highest BCUT2D eigenvalue weighted by Crippen LogP contribution is 2.09. The molecule has 0 aromatic carbocycles. The third-order valence-corrected chi connectivity index (χ3v) is 2.28. The second-order valence-electron chi connectivity index (χ2n) is 3.92. The van der Waals surface area contributed by atoms with Crippen LogP contribution in [0.3, 0.4) is 0 Å². The van der Waals surface area contributed by atoms with E-state index in [-0.39, 0.29) is 0 Å². The van der Waals surface area contributed by atoms with E-state index in [0.717, 1.165) is 24.5 Å². The highest BCUT2D eigenvalue weighted by Gasteiger charge is 2.01. The Morgan fingerprint density at radius 3 is 2.76 bits per heavy atom. The van der Waals surface area contributed by atoms with Crippen molar-refractivity contribution in [3.8, 4) is 0 Å². The Kier molecular flexibility index (Phi) is 6.32. The minimum absolute atomic E-state index is 0.649. The van der Waals surface area contributed by atoms with Gasteiger partial charge in [-0.15, -0.1) is 0 Å². The monoisotopic (exact) mass is 238 g/mol. The second-order valence-corrected chi connectivity index (χ2v) is 3.92. The van der Waals surface area contributed by atoms with Crippen LogP contribution in [0.4, 0.5) is 11.8 Å². The van der Waals surface area contributed by atoms with Gasteiger partial charge in [-0.3, -0.25) is 0 Å². The molecule has 0 bridgehead atoms. The minimum atomic E-state index is 0.649. The number of nitrogens with one attached hydrogen (secondary N) is 2. The lowest BCUT2D eigenvalue weighted by molar-refractivity contribution is 0.210. The van der Waals surface area contributed by atoms with Crippen LogP contribution in [-0.4, -0.2) is 36.8 Å². The van der Waals surface area contributed by atoms with Crippen molar-refractivity contribution in [2.24, 2.45) is 0 Å². The molecular weight excluding hydrogens is 216 g/mol. The van der Waals surface area contributed by atoms with Crippen LogP contribution in [0, 0.1) is 6.92 Å². The number of nitrogens with zero attached hydrogens (tertiary/aromatic N) is 2. The quantitative estimate of drug-likeness (QED) is 0.679. The number of methoxy groups -OCH3 is 1. The minimum Gasteiger partial charge on any atom is -0.383 e. The molecule has 5 heteroatoms. The summed E-state index contributed by atoms with van der Waals surface area (Å²) in [6.45, 7) is 6.45. The smallest absolute Gasteiger partial charge is 0.224 e. The Balaban J connectivity index is 2.53. The van der Waals surface area contributed by atoms with E-state index in [4.69, 9.17) is 4.74 Å². The Morgan fingerprint density at radius 1 is 1.24 bits per heavy atom. The third kappa shape index (κ3) is 5.49. The van der Waals surface area contributed by atoms with E-state index in [1.807, 2.05) is 13.0 Å². The number of aryl methyl sites for hydroxylation is 1. The van der Waals surface area contributed by atoms with Gasteiger partial charge in [0.2, 0.25) is 5.95 Å². The molecule has 0 spiro atoms. The summed E-state index contributed by atoms with van der Waals surface area (Å²) in [5.41, 5.74) is 0.957. The normalized spacial score (nSPS) is 10.3. The molecule has 5 nitrogen and oxygen atoms in total. The average molecular weight is 238 g/mol. The summed E-state index contributed by atoms with van der Waals surface area (Å²) in [4.78, 5) is 8.70. The van der Waals surface area contributed by atoms with E-state index in [0.29, 0.717) is 19.1 Å². The molecule has 0 unspecified atom stereocenters. The van der Waals surface area contributed by atoms with Crippen LogP contribution >= 0.6 is 0 Å². The summed E-state index contributed by atoms with van der Waals surface area (Å²) in [5.74, 6) is 1.53. The molecule has 1 rings (SSSR count). The van der Waals surface area contributed by atoms with Crippen molar-refractivity contribution in [2.45, 2.75) is 26.7 Å². The number of rotatable bonds is 8. The molecule has 0 radical (unpaired) electrons. The van der Waals surface area contributed by atoms with E-state index < -0.39 is 0 Å². The predicted octanol–water partition coefficient (Wildman–Crippen LogP) is 2.06. The van der Waals surface area contributed by atoms with Gasteiger partial charge in [-0.2, -0.15) is 4.98 Å². The van der Waals surface area contributed by atoms with Gasteiger partial charge in [0.05, 0.1) is 6.61 Å². The van der Waals surface area contributed by atoms with Crippen molar-refractivity contribution in [3.05, 3.63) is 11.8 Å². The molecule has 0 fully saturated rings. The SMILES string of the molecule is CCCCNc1cc(C)nc(NCCOC)n1. The topological polar surface area (TPSA) is 59.1 Å². The molecule has 0 saturated heterocycles. The van der Waals surface area contributed by atoms with E-state index in [1.165, 1.54) is 6.42 Å². The summed E-state index contributed by atoms with van der Waals surface area (Å²) in [7, 11) is 1.68. The lowest BCUT2D eigenvalue weighted by Crippen LogP contribution is -2.12. The van der Waals surface area contributed by atoms with E-state index >= 15 is 0 Å². The number of anilines is 2. The van der Waals surface area contributed by atoms with Crippen LogP contribution in [0.2, 0.25) is 0 Å². The third-order valence-electron chi connectivity index (χ3n) is 2.28. The molecule has 0 aliphatic heterocycles. The van der Waals surface area contributed by atoms with Gasteiger partial charge in [-0.25, -0.2) is 4.98 Å². The van der Waals surface area contributed by atoms with Gasteiger partial charge in [-0.1, -0.05) is 13.3 Å². The number of aromatic nitrogens is 2. The Labute approximate surface area is 103 Å². The first-order valence-electron chi connectivity index (χ1n) is 6.08. The number of hydrogen-bond acceptors (Lipinski definition) is 5. The molecule has 96 valence electrons. The molecule has 17 heavy (non-hydrogen) atoms. The molecule has 1 aromatic rings. The fourth-order valence-corrected chi connectivity index (χ4v) is 1.40. The molecule has 0 aliphatic rings. The first-order valence-corrected chi connectivity index (χ1v) is 6.08. The fourth-order valence-electron chi connectivity index (χ4n) is 1.40. The molecule has 0 atom stereocenters. The Bertz CT molecular complexity index is 302. The zero-order chi connectivity index (χ0) is 12.5. The first-order chi connectivity index (χ1) is 8.26. The van der Waals surface area contributed by atoms with Gasteiger partial charge in [-0.05, 0) is 13.3 Å². The van der Waals surface area contributed by atoms with Gasteiger partial charge in [0.1, 0.15) is 5.82 Å². The maximum atomic E-state index is 4.97. The van der Waals surface area contributed by atoms with Crippen molar-refractivity contribution in [2.75, 3.05) is 37.4 Å². The van der Waals surface area contributed by atoms with E-state index in [9.17, 15) is 0 Å². The molecule has 0 saturated carbocycles. The molecule has 1 aromatic heterocycles. The van der Waals surface area contributed by atoms with Crippen LogP contribution in [0.15, 0.2) is 6.07 Å². The molecule has 0 aliphatic carbocycles. The molecule has 1 heterocycles. The Morgan fingerprint density at radius 2 is 2.06 bits per heavy atom. The molecule has 0 amide bonds. The first kappa shape index (κ1) is 13.7. The Hall–Kier alpha value is -1.36. The standard InChI is InChI=1S/C12H22N4O/c1-4-5-6-13-11-9-10(2)15-12(16-11)14-7-8-17-3/h9H,4-8H2,1-3H3,(H2,13,14,15,16). The van der Waals surface area contributed by atoms with Crippen LogP contribution in [0.5, 0.6) is 0 Å². The molecular formula is C12H22N4O. The summed E-state index contributed by atoms with van der Waals surface area (Å²) < 4.78 is 4.97. The summed E-state index contributed by atoms with van der Waals surface area (Å²) in [6, 6.07) is 1.96. The van der Waals surface area contributed by atoms with Crippen molar-refractivity contribution in [1.29, 1.82) is 0 Å². The zero-order valence-corrected chi connectivity index (χ0v) is 10.9. The van der Waals surface area contributed by atoms with Crippen molar-refractivity contribution >= 4 is 11.8 Å².